The number of aryl methyl sites for hydroxylation is 1. The molecule has 6 heteroatoms. The molecule has 3 rings (SSSR count). The van der Waals surface area contributed by atoms with Crippen LogP contribution < -0.4 is 0 Å². The Balaban J connectivity index is 1.90. The average molecular weight is 349 g/mol. The van der Waals surface area contributed by atoms with Crippen LogP contribution in [0.5, 0.6) is 0 Å². The summed E-state index contributed by atoms with van der Waals surface area (Å²) >= 11 is 0. The monoisotopic (exact) mass is 349 g/mol. The van der Waals surface area contributed by atoms with E-state index in [1.165, 1.54) is 4.90 Å². The third-order valence-electron chi connectivity index (χ3n) is 4.27. The van der Waals surface area contributed by atoms with Crippen molar-refractivity contribution in [2.45, 2.75) is 31.7 Å². The van der Waals surface area contributed by atoms with Gasteiger partial charge in [0.1, 0.15) is 0 Å². The summed E-state index contributed by atoms with van der Waals surface area (Å²) in [5, 5.41) is 0. The van der Waals surface area contributed by atoms with Crippen molar-refractivity contribution in [2.24, 2.45) is 0 Å². The van der Waals surface area contributed by atoms with Crippen LogP contribution in [0.4, 0.5) is 18.0 Å². The number of carbonyl (C=O) groups is 1. The number of rotatable bonds is 4. The number of carbonyl (C=O) groups excluding carboxylic acids is 1. The van der Waals surface area contributed by atoms with E-state index in [2.05, 4.69) is 0 Å². The molecule has 1 aliphatic rings. The van der Waals surface area contributed by atoms with Crippen LogP contribution in [0.1, 0.15) is 23.1 Å². The lowest BCUT2D eigenvalue weighted by atomic mass is 9.89. The molecule has 1 aliphatic heterocycles. The van der Waals surface area contributed by atoms with Gasteiger partial charge in [-0.25, -0.2) is 4.79 Å². The Morgan fingerprint density at radius 3 is 2.32 bits per heavy atom. The van der Waals surface area contributed by atoms with Crippen molar-refractivity contribution in [2.75, 3.05) is 6.54 Å². The summed E-state index contributed by atoms with van der Waals surface area (Å²) < 4.78 is 44.9. The van der Waals surface area contributed by atoms with Gasteiger partial charge in [0.25, 0.3) is 0 Å². The average Bonchev–Trinajstić information content (AvgIpc) is 2.83. The molecule has 0 spiro atoms. The predicted octanol–water partition coefficient (Wildman–Crippen LogP) is 4.80. The zero-order valence-corrected chi connectivity index (χ0v) is 13.7. The minimum atomic E-state index is -4.45. The summed E-state index contributed by atoms with van der Waals surface area (Å²) in [5.41, 5.74) is 0.416. The van der Waals surface area contributed by atoms with Crippen LogP contribution in [-0.4, -0.2) is 23.7 Å². The molecular formula is C19H18F3NO2. The maximum Gasteiger partial charge on any atom is 0.411 e. The fourth-order valence-corrected chi connectivity index (χ4v) is 3.09. The minimum Gasteiger partial charge on any atom is -0.436 e. The maximum absolute atomic E-state index is 13.2. The molecule has 1 atom stereocenters. The predicted molar refractivity (Wildman–Crippen MR) is 86.9 cm³/mol. The summed E-state index contributed by atoms with van der Waals surface area (Å²) in [5.74, 6) is 0. The van der Waals surface area contributed by atoms with E-state index >= 15 is 0 Å². The number of nitrogens with zero attached hydrogens (tertiary/aromatic N) is 1. The molecule has 1 unspecified atom stereocenters. The van der Waals surface area contributed by atoms with Crippen LogP contribution in [-0.2, 0) is 16.9 Å². The number of benzene rings is 2. The molecule has 1 heterocycles. The van der Waals surface area contributed by atoms with Gasteiger partial charge in [-0.1, -0.05) is 60.2 Å². The molecule has 0 radical (unpaired) electrons. The van der Waals surface area contributed by atoms with Gasteiger partial charge in [0.05, 0.1) is 13.0 Å². The molecular weight excluding hydrogens is 331 g/mol. The Morgan fingerprint density at radius 1 is 1.08 bits per heavy atom. The molecule has 0 bridgehead atoms. The first-order chi connectivity index (χ1) is 11.8. The van der Waals surface area contributed by atoms with E-state index in [0.717, 1.165) is 11.1 Å². The van der Waals surface area contributed by atoms with E-state index in [1.54, 1.807) is 24.3 Å². The van der Waals surface area contributed by atoms with E-state index in [4.69, 9.17) is 4.74 Å². The molecule has 3 nitrogen and oxygen atoms in total. The fourth-order valence-electron chi connectivity index (χ4n) is 3.09. The van der Waals surface area contributed by atoms with Crippen molar-refractivity contribution >= 4 is 6.09 Å². The molecule has 1 fully saturated rings. The lowest BCUT2D eigenvalue weighted by Crippen LogP contribution is -2.36. The zero-order valence-electron chi connectivity index (χ0n) is 13.7. The number of hydrogen-bond acceptors (Lipinski definition) is 2. The summed E-state index contributed by atoms with van der Waals surface area (Å²) in [7, 11) is 0. The SMILES string of the molecule is Cc1ccc(C2(CC(F)(F)F)CN(Cc3ccccc3)C(=O)O2)cc1. The van der Waals surface area contributed by atoms with Crippen LogP contribution in [0, 0.1) is 6.92 Å². The van der Waals surface area contributed by atoms with Crippen LogP contribution >= 0.6 is 0 Å². The summed E-state index contributed by atoms with van der Waals surface area (Å²) in [6.45, 7) is 1.93. The van der Waals surface area contributed by atoms with E-state index in [0.29, 0.717) is 5.56 Å². The first kappa shape index (κ1) is 17.3. The Bertz CT molecular complexity index is 744. The largest absolute Gasteiger partial charge is 0.436 e. The van der Waals surface area contributed by atoms with Gasteiger partial charge in [-0.15, -0.1) is 0 Å². The standard InChI is InChI=1S/C19H18F3NO2/c1-14-7-9-16(10-8-14)18(12-19(20,21)22)13-23(17(24)25-18)11-15-5-3-2-4-6-15/h2-10H,11-13H2,1H3. The number of cyclic esters (lactones) is 1. The molecule has 0 saturated carbocycles. The Labute approximate surface area is 144 Å². The van der Waals surface area contributed by atoms with Gasteiger partial charge in [-0.05, 0) is 18.1 Å². The van der Waals surface area contributed by atoms with E-state index < -0.39 is 24.3 Å². The molecule has 2 aromatic rings. The van der Waals surface area contributed by atoms with Gasteiger partial charge in [-0.3, -0.25) is 4.90 Å². The highest BCUT2D eigenvalue weighted by molar-refractivity contribution is 5.71. The summed E-state index contributed by atoms with van der Waals surface area (Å²) in [6.07, 6.45) is -6.39. The van der Waals surface area contributed by atoms with Crippen LogP contribution in [0.15, 0.2) is 54.6 Å². The number of ether oxygens (including phenoxy) is 1. The quantitative estimate of drug-likeness (QED) is 0.794. The van der Waals surface area contributed by atoms with E-state index in [1.807, 2.05) is 37.3 Å². The summed E-state index contributed by atoms with van der Waals surface area (Å²) in [6, 6.07) is 15.8. The normalized spacial score (nSPS) is 20.6. The zero-order chi connectivity index (χ0) is 18.1. The molecule has 0 aromatic heterocycles. The third kappa shape index (κ3) is 3.95. The van der Waals surface area contributed by atoms with Gasteiger partial charge in [0.2, 0.25) is 0 Å². The fraction of sp³-hybridized carbons (Fsp3) is 0.316. The Kier molecular flexibility index (Phi) is 4.45. The second-order valence-corrected chi connectivity index (χ2v) is 6.36. The van der Waals surface area contributed by atoms with Gasteiger partial charge in [-0.2, -0.15) is 13.2 Å². The number of hydrogen-bond donors (Lipinski definition) is 0. The Hall–Kier alpha value is -2.50. The first-order valence-corrected chi connectivity index (χ1v) is 7.93. The van der Waals surface area contributed by atoms with E-state index in [-0.39, 0.29) is 13.1 Å². The van der Waals surface area contributed by atoms with Gasteiger partial charge >= 0.3 is 12.3 Å². The first-order valence-electron chi connectivity index (χ1n) is 7.93. The molecule has 1 saturated heterocycles. The van der Waals surface area contributed by atoms with Crippen LogP contribution in [0.2, 0.25) is 0 Å². The molecule has 25 heavy (non-hydrogen) atoms. The van der Waals surface area contributed by atoms with Crippen molar-refractivity contribution in [3.05, 3.63) is 71.3 Å². The molecule has 2 aromatic carbocycles. The highest BCUT2D eigenvalue weighted by Gasteiger charge is 2.52. The second-order valence-electron chi connectivity index (χ2n) is 6.36. The minimum absolute atomic E-state index is 0.136. The molecule has 1 amide bonds. The van der Waals surface area contributed by atoms with Crippen molar-refractivity contribution in [3.8, 4) is 0 Å². The smallest absolute Gasteiger partial charge is 0.411 e. The van der Waals surface area contributed by atoms with Crippen molar-refractivity contribution in [1.29, 1.82) is 0 Å². The van der Waals surface area contributed by atoms with E-state index in [9.17, 15) is 18.0 Å². The third-order valence-corrected chi connectivity index (χ3v) is 4.27. The van der Waals surface area contributed by atoms with Crippen LogP contribution in [0.25, 0.3) is 0 Å². The lowest BCUT2D eigenvalue weighted by Gasteiger charge is -2.28. The number of amides is 1. The molecule has 0 N–H and O–H groups in total. The Morgan fingerprint density at radius 2 is 1.72 bits per heavy atom. The highest BCUT2D eigenvalue weighted by Crippen LogP contribution is 2.42. The van der Waals surface area contributed by atoms with Gasteiger partial charge in [0, 0.05) is 6.54 Å². The summed E-state index contributed by atoms with van der Waals surface area (Å²) in [4.78, 5) is 13.6. The topological polar surface area (TPSA) is 29.5 Å². The molecule has 0 aliphatic carbocycles. The molecule has 132 valence electrons. The van der Waals surface area contributed by atoms with Crippen molar-refractivity contribution in [3.63, 3.8) is 0 Å². The van der Waals surface area contributed by atoms with Crippen molar-refractivity contribution < 1.29 is 22.7 Å². The highest BCUT2D eigenvalue weighted by atomic mass is 19.4. The second kappa shape index (κ2) is 6.43. The van der Waals surface area contributed by atoms with Crippen molar-refractivity contribution in [1.82, 2.24) is 4.90 Å². The van der Waals surface area contributed by atoms with Gasteiger partial charge in [0.15, 0.2) is 5.60 Å². The lowest BCUT2D eigenvalue weighted by molar-refractivity contribution is -0.171. The number of alkyl halides is 3. The van der Waals surface area contributed by atoms with Gasteiger partial charge < -0.3 is 4.74 Å². The maximum atomic E-state index is 13.2. The van der Waals surface area contributed by atoms with Crippen LogP contribution in [0.3, 0.4) is 0 Å². The number of halogens is 3.